The number of hydrogen-bond donors (Lipinski definition) is 1. The average Bonchev–Trinajstić information content (AvgIpc) is 2.46. The van der Waals surface area contributed by atoms with Gasteiger partial charge in [0.15, 0.2) is 0 Å². The van der Waals surface area contributed by atoms with E-state index in [1.54, 1.807) is 0 Å². The lowest BCUT2D eigenvalue weighted by Gasteiger charge is -2.45. The Balaban J connectivity index is 2.01. The maximum absolute atomic E-state index is 9.61. The molecule has 2 rings (SSSR count). The van der Waals surface area contributed by atoms with Crippen molar-refractivity contribution in [3.05, 3.63) is 0 Å². The molecule has 0 spiro atoms. The molecule has 106 valence electrons. The maximum Gasteiger partial charge on any atom is 0.0579 e. The van der Waals surface area contributed by atoms with Gasteiger partial charge in [-0.2, -0.15) is 0 Å². The summed E-state index contributed by atoms with van der Waals surface area (Å²) in [5.41, 5.74) is 0.0285. The lowest BCUT2D eigenvalue weighted by Crippen LogP contribution is -2.55. The quantitative estimate of drug-likeness (QED) is 0.835. The average molecular weight is 255 g/mol. The molecule has 2 fully saturated rings. The molecule has 3 heteroatoms. The van der Waals surface area contributed by atoms with Crippen LogP contribution in [-0.4, -0.2) is 49.0 Å². The lowest BCUT2D eigenvalue weighted by atomic mass is 9.85. The van der Waals surface area contributed by atoms with E-state index in [0.717, 1.165) is 25.7 Å². The van der Waals surface area contributed by atoms with Crippen molar-refractivity contribution in [1.29, 1.82) is 0 Å². The second kappa shape index (κ2) is 5.89. The first-order chi connectivity index (χ1) is 8.56. The smallest absolute Gasteiger partial charge is 0.0579 e. The molecule has 0 aromatic carbocycles. The van der Waals surface area contributed by atoms with Crippen LogP contribution in [0.4, 0.5) is 0 Å². The number of nitrogens with zero attached hydrogens (tertiary/aromatic N) is 1. The fraction of sp³-hybridized carbons (Fsp3) is 1.00. The van der Waals surface area contributed by atoms with E-state index in [1.165, 1.54) is 25.8 Å². The van der Waals surface area contributed by atoms with Crippen molar-refractivity contribution in [2.45, 2.75) is 46.1 Å². The molecule has 0 saturated carbocycles. The summed E-state index contributed by atoms with van der Waals surface area (Å²) in [6, 6.07) is 0.680. The topological polar surface area (TPSA) is 32.7 Å². The zero-order chi connectivity index (χ0) is 13.2. The van der Waals surface area contributed by atoms with Gasteiger partial charge in [-0.15, -0.1) is 0 Å². The second-order valence-corrected chi connectivity index (χ2v) is 6.90. The maximum atomic E-state index is 9.61. The Morgan fingerprint density at radius 1 is 1.28 bits per heavy atom. The van der Waals surface area contributed by atoms with Gasteiger partial charge in [0.2, 0.25) is 0 Å². The largest absolute Gasteiger partial charge is 0.396 e. The van der Waals surface area contributed by atoms with E-state index in [2.05, 4.69) is 25.7 Å². The van der Waals surface area contributed by atoms with Crippen molar-refractivity contribution in [2.24, 2.45) is 17.3 Å². The highest BCUT2D eigenvalue weighted by atomic mass is 16.5. The monoisotopic (exact) mass is 255 g/mol. The Labute approximate surface area is 112 Å². The molecule has 18 heavy (non-hydrogen) atoms. The van der Waals surface area contributed by atoms with Crippen LogP contribution in [0, 0.1) is 17.3 Å². The van der Waals surface area contributed by atoms with Crippen molar-refractivity contribution in [1.82, 2.24) is 4.90 Å². The number of likely N-dealkylation sites (tertiary alicyclic amines) is 1. The zero-order valence-corrected chi connectivity index (χ0v) is 12.2. The molecule has 2 aliphatic rings. The minimum atomic E-state index is 0.0285. The van der Waals surface area contributed by atoms with Gasteiger partial charge in [0.25, 0.3) is 0 Å². The van der Waals surface area contributed by atoms with Gasteiger partial charge in [-0.1, -0.05) is 20.8 Å². The predicted molar refractivity (Wildman–Crippen MR) is 73.6 cm³/mol. The second-order valence-electron chi connectivity index (χ2n) is 6.90. The molecule has 1 N–H and O–H groups in total. The highest BCUT2D eigenvalue weighted by Gasteiger charge is 2.41. The first-order valence-corrected chi connectivity index (χ1v) is 7.49. The van der Waals surface area contributed by atoms with E-state index < -0.39 is 0 Å². The van der Waals surface area contributed by atoms with Crippen molar-refractivity contribution in [3.8, 4) is 0 Å². The number of hydrogen-bond acceptors (Lipinski definition) is 3. The van der Waals surface area contributed by atoms with Crippen molar-refractivity contribution in [2.75, 3.05) is 32.9 Å². The van der Waals surface area contributed by atoms with Gasteiger partial charge in [-0.05, 0) is 37.6 Å². The summed E-state index contributed by atoms with van der Waals surface area (Å²) in [5, 5.41) is 9.61. The Morgan fingerprint density at radius 3 is 2.50 bits per heavy atom. The summed E-state index contributed by atoms with van der Waals surface area (Å²) in [6.07, 6.45) is 3.95. The van der Waals surface area contributed by atoms with Crippen LogP contribution in [0.5, 0.6) is 0 Å². The number of aliphatic hydroxyl groups excluding tert-OH is 1. The summed E-state index contributed by atoms with van der Waals surface area (Å²) < 4.78 is 5.33. The van der Waals surface area contributed by atoms with E-state index >= 15 is 0 Å². The van der Waals surface area contributed by atoms with Crippen LogP contribution >= 0.6 is 0 Å². The molecule has 3 nitrogen and oxygen atoms in total. The Kier molecular flexibility index (Phi) is 4.68. The molecule has 2 atom stereocenters. The van der Waals surface area contributed by atoms with Crippen LogP contribution in [-0.2, 0) is 4.74 Å². The van der Waals surface area contributed by atoms with Crippen LogP contribution in [0.1, 0.15) is 40.0 Å². The summed E-state index contributed by atoms with van der Waals surface area (Å²) in [4.78, 5) is 2.63. The van der Waals surface area contributed by atoms with Gasteiger partial charge in [-0.3, -0.25) is 4.90 Å². The molecule has 2 saturated heterocycles. The van der Waals surface area contributed by atoms with Crippen LogP contribution in [0.2, 0.25) is 0 Å². The van der Waals surface area contributed by atoms with E-state index in [4.69, 9.17) is 4.74 Å². The highest BCUT2D eigenvalue weighted by Crippen LogP contribution is 2.33. The summed E-state index contributed by atoms with van der Waals surface area (Å²) in [5.74, 6) is 1.55. The molecule has 0 radical (unpaired) electrons. The third-order valence-corrected chi connectivity index (χ3v) is 4.79. The minimum absolute atomic E-state index is 0.0285. The SMILES string of the molecule is CC1CCC(C(C)C)N(CC2(CO)COC2)CC1. The van der Waals surface area contributed by atoms with Crippen molar-refractivity contribution in [3.63, 3.8) is 0 Å². The number of rotatable bonds is 4. The number of ether oxygens (including phenoxy) is 1. The molecule has 0 bridgehead atoms. The normalized spacial score (nSPS) is 33.2. The molecule has 0 aromatic rings. The van der Waals surface area contributed by atoms with Crippen LogP contribution in [0.25, 0.3) is 0 Å². The summed E-state index contributed by atoms with van der Waals surface area (Å²) in [6.45, 7) is 11.0. The fourth-order valence-electron chi connectivity index (χ4n) is 3.34. The molecule has 0 amide bonds. The molecular weight excluding hydrogens is 226 g/mol. The van der Waals surface area contributed by atoms with Crippen molar-refractivity contribution < 1.29 is 9.84 Å². The van der Waals surface area contributed by atoms with Gasteiger partial charge in [0.1, 0.15) is 0 Å². The fourth-order valence-corrected chi connectivity index (χ4v) is 3.34. The van der Waals surface area contributed by atoms with E-state index in [1.807, 2.05) is 0 Å². The molecular formula is C15H29NO2. The molecule has 0 aromatic heterocycles. The van der Waals surface area contributed by atoms with Crippen LogP contribution in [0.15, 0.2) is 0 Å². The Hall–Kier alpha value is -0.120. The number of aliphatic hydroxyl groups is 1. The van der Waals surface area contributed by atoms with E-state index in [9.17, 15) is 5.11 Å². The molecule has 2 heterocycles. The van der Waals surface area contributed by atoms with Gasteiger partial charge in [0, 0.05) is 12.6 Å². The summed E-state index contributed by atoms with van der Waals surface area (Å²) >= 11 is 0. The molecule has 2 unspecified atom stereocenters. The minimum Gasteiger partial charge on any atom is -0.396 e. The van der Waals surface area contributed by atoms with Gasteiger partial charge < -0.3 is 9.84 Å². The first kappa shape index (κ1) is 14.3. The third-order valence-electron chi connectivity index (χ3n) is 4.79. The highest BCUT2D eigenvalue weighted by molar-refractivity contribution is 4.91. The van der Waals surface area contributed by atoms with Gasteiger partial charge in [-0.25, -0.2) is 0 Å². The Bertz CT molecular complexity index is 258. The predicted octanol–water partition coefficient (Wildman–Crippen LogP) is 2.14. The van der Waals surface area contributed by atoms with E-state index in [0.29, 0.717) is 12.0 Å². The summed E-state index contributed by atoms with van der Waals surface area (Å²) in [7, 11) is 0. The van der Waals surface area contributed by atoms with Crippen LogP contribution in [0.3, 0.4) is 0 Å². The Morgan fingerprint density at radius 2 is 2.00 bits per heavy atom. The molecule has 2 aliphatic heterocycles. The zero-order valence-electron chi connectivity index (χ0n) is 12.2. The standard InChI is InChI=1S/C15H29NO2/c1-12(2)14-5-4-13(3)6-7-16(14)8-15(9-17)10-18-11-15/h12-14,17H,4-11H2,1-3H3. The third kappa shape index (κ3) is 3.06. The van der Waals surface area contributed by atoms with E-state index in [-0.39, 0.29) is 12.0 Å². The van der Waals surface area contributed by atoms with Gasteiger partial charge >= 0.3 is 0 Å². The van der Waals surface area contributed by atoms with Crippen molar-refractivity contribution >= 4 is 0 Å². The first-order valence-electron chi connectivity index (χ1n) is 7.49. The van der Waals surface area contributed by atoms with Crippen LogP contribution < -0.4 is 0 Å². The lowest BCUT2D eigenvalue weighted by molar-refractivity contribution is -0.152. The molecule has 0 aliphatic carbocycles. The van der Waals surface area contributed by atoms with Gasteiger partial charge in [0.05, 0.1) is 25.2 Å².